The Kier molecular flexibility index (Phi) is 7.06. The van der Waals surface area contributed by atoms with E-state index < -0.39 is 41.1 Å². The second kappa shape index (κ2) is 8.89. The summed E-state index contributed by atoms with van der Waals surface area (Å²) in [4.78, 5) is 39.0. The van der Waals surface area contributed by atoms with Gasteiger partial charge in [0.15, 0.2) is 5.78 Å². The van der Waals surface area contributed by atoms with Gasteiger partial charge in [-0.05, 0) is 44.7 Å². The highest BCUT2D eigenvalue weighted by atomic mass is 32.2. The molecule has 1 aromatic rings. The Labute approximate surface area is 163 Å². The standard InChI is InChI=1S/C20H26O6S/c1-5-25-18(22)16-14(21)11-20(3,24)17(19(23)26-6-2)15(16)12-7-9-13(27-4)10-8-12/h7-10,15-17,24H,5-6,11H2,1-4H3/t15-,16+,17-,20-/m0/s1. The topological polar surface area (TPSA) is 89.9 Å². The number of ether oxygens (including phenoxy) is 2. The Balaban J connectivity index is 2.59. The van der Waals surface area contributed by atoms with Gasteiger partial charge in [0.25, 0.3) is 0 Å². The first kappa shape index (κ1) is 21.4. The molecule has 2 rings (SSSR count). The third-order valence-corrected chi connectivity index (χ3v) is 5.59. The van der Waals surface area contributed by atoms with E-state index in [4.69, 9.17) is 9.47 Å². The molecule has 0 amide bonds. The van der Waals surface area contributed by atoms with Gasteiger partial charge in [0.05, 0.1) is 24.7 Å². The monoisotopic (exact) mass is 394 g/mol. The normalized spacial score (nSPS) is 27.9. The summed E-state index contributed by atoms with van der Waals surface area (Å²) in [5.74, 6) is -4.79. The van der Waals surface area contributed by atoms with Crippen molar-refractivity contribution in [1.82, 2.24) is 0 Å². The number of aliphatic hydroxyl groups is 1. The van der Waals surface area contributed by atoms with Gasteiger partial charge >= 0.3 is 11.9 Å². The number of hydrogen-bond acceptors (Lipinski definition) is 7. The number of hydrogen-bond donors (Lipinski definition) is 1. The first-order valence-electron chi connectivity index (χ1n) is 8.99. The van der Waals surface area contributed by atoms with E-state index >= 15 is 0 Å². The van der Waals surface area contributed by atoms with Crippen molar-refractivity contribution < 1.29 is 29.0 Å². The van der Waals surface area contributed by atoms with Gasteiger partial charge < -0.3 is 14.6 Å². The van der Waals surface area contributed by atoms with Gasteiger partial charge in [-0.2, -0.15) is 0 Å². The zero-order valence-corrected chi connectivity index (χ0v) is 16.9. The summed E-state index contributed by atoms with van der Waals surface area (Å²) in [6.07, 6.45) is 1.63. The molecule has 6 nitrogen and oxygen atoms in total. The molecule has 0 aliphatic heterocycles. The lowest BCUT2D eigenvalue weighted by molar-refractivity contribution is -0.172. The third kappa shape index (κ3) is 4.52. The molecule has 1 fully saturated rings. The van der Waals surface area contributed by atoms with E-state index in [9.17, 15) is 19.5 Å². The van der Waals surface area contributed by atoms with Crippen LogP contribution in [0.5, 0.6) is 0 Å². The number of ketones is 1. The average Bonchev–Trinajstić information content (AvgIpc) is 2.60. The number of esters is 2. The van der Waals surface area contributed by atoms with E-state index in [1.165, 1.54) is 6.92 Å². The fourth-order valence-corrected chi connectivity index (χ4v) is 4.11. The summed E-state index contributed by atoms with van der Waals surface area (Å²) in [5.41, 5.74) is -0.993. The number of carbonyl (C=O) groups is 3. The van der Waals surface area contributed by atoms with Crippen LogP contribution < -0.4 is 0 Å². The Morgan fingerprint density at radius 1 is 1.15 bits per heavy atom. The van der Waals surface area contributed by atoms with Crippen LogP contribution in [-0.2, 0) is 23.9 Å². The smallest absolute Gasteiger partial charge is 0.317 e. The highest BCUT2D eigenvalue weighted by Crippen LogP contribution is 2.46. The zero-order valence-electron chi connectivity index (χ0n) is 16.1. The summed E-state index contributed by atoms with van der Waals surface area (Å²) < 4.78 is 10.3. The zero-order chi connectivity index (χ0) is 20.2. The number of Topliss-reactive ketones (excluding diaryl/α,β-unsaturated/α-hetero) is 1. The fraction of sp³-hybridized carbons (Fsp3) is 0.550. The molecule has 1 N–H and O–H groups in total. The summed E-state index contributed by atoms with van der Waals surface area (Å²) in [6.45, 7) is 5.04. The first-order chi connectivity index (χ1) is 12.8. The van der Waals surface area contributed by atoms with Gasteiger partial charge in [-0.1, -0.05) is 12.1 Å². The van der Waals surface area contributed by atoms with Gasteiger partial charge in [-0.15, -0.1) is 11.8 Å². The predicted octanol–water partition coefficient (Wildman–Crippen LogP) is 2.57. The SMILES string of the molecule is CCOC(=O)[C@@H]1C(=O)C[C@](C)(O)[C@H](C(=O)OCC)[C@H]1c1ccc(SC)cc1. The molecule has 27 heavy (non-hydrogen) atoms. The van der Waals surface area contributed by atoms with E-state index in [-0.39, 0.29) is 19.6 Å². The van der Waals surface area contributed by atoms with Gasteiger partial charge in [0.1, 0.15) is 5.92 Å². The minimum Gasteiger partial charge on any atom is -0.466 e. The molecule has 4 atom stereocenters. The van der Waals surface area contributed by atoms with Gasteiger partial charge in [-0.25, -0.2) is 0 Å². The molecule has 148 valence electrons. The van der Waals surface area contributed by atoms with Crippen LogP contribution in [0, 0.1) is 11.8 Å². The molecule has 0 radical (unpaired) electrons. The highest BCUT2D eigenvalue weighted by Gasteiger charge is 2.57. The molecule has 0 heterocycles. The van der Waals surface area contributed by atoms with Crippen molar-refractivity contribution in [2.75, 3.05) is 19.5 Å². The summed E-state index contributed by atoms with van der Waals surface area (Å²) in [6, 6.07) is 7.28. The van der Waals surface area contributed by atoms with Crippen LogP contribution in [0.15, 0.2) is 29.2 Å². The molecular formula is C20H26O6S. The summed E-state index contributed by atoms with van der Waals surface area (Å²) in [7, 11) is 0. The number of rotatable bonds is 6. The van der Waals surface area contributed by atoms with Gasteiger partial charge in [0.2, 0.25) is 0 Å². The van der Waals surface area contributed by atoms with Crippen LogP contribution in [0.1, 0.15) is 38.7 Å². The quantitative estimate of drug-likeness (QED) is 0.450. The van der Waals surface area contributed by atoms with Crippen LogP contribution in [-0.4, -0.2) is 47.9 Å². The van der Waals surface area contributed by atoms with Crippen molar-refractivity contribution in [2.24, 2.45) is 11.8 Å². The van der Waals surface area contributed by atoms with Crippen molar-refractivity contribution in [3.8, 4) is 0 Å². The summed E-state index contributed by atoms with van der Waals surface area (Å²) >= 11 is 1.56. The Morgan fingerprint density at radius 3 is 2.22 bits per heavy atom. The number of thioether (sulfide) groups is 1. The van der Waals surface area contributed by atoms with Crippen LogP contribution in [0.25, 0.3) is 0 Å². The third-order valence-electron chi connectivity index (χ3n) is 4.85. The lowest BCUT2D eigenvalue weighted by Crippen LogP contribution is -2.55. The van der Waals surface area contributed by atoms with E-state index in [0.717, 1.165) is 4.90 Å². The Bertz CT molecular complexity index is 697. The number of carbonyl (C=O) groups excluding carboxylic acids is 3. The second-order valence-electron chi connectivity index (χ2n) is 6.76. The predicted molar refractivity (Wildman–Crippen MR) is 101 cm³/mol. The molecule has 1 saturated carbocycles. The highest BCUT2D eigenvalue weighted by molar-refractivity contribution is 7.98. The first-order valence-corrected chi connectivity index (χ1v) is 10.2. The molecule has 7 heteroatoms. The second-order valence-corrected chi connectivity index (χ2v) is 7.64. The molecule has 1 aliphatic carbocycles. The van der Waals surface area contributed by atoms with Gasteiger partial charge in [-0.3, -0.25) is 14.4 Å². The average molecular weight is 394 g/mol. The molecule has 1 aromatic carbocycles. The van der Waals surface area contributed by atoms with E-state index in [1.807, 2.05) is 18.4 Å². The maximum atomic E-state index is 12.7. The van der Waals surface area contributed by atoms with E-state index in [0.29, 0.717) is 5.56 Å². The minimum atomic E-state index is -1.62. The van der Waals surface area contributed by atoms with E-state index in [2.05, 4.69) is 0 Å². The molecule has 1 aliphatic rings. The lowest BCUT2D eigenvalue weighted by atomic mass is 9.62. The maximum Gasteiger partial charge on any atom is 0.317 e. The van der Waals surface area contributed by atoms with Crippen molar-refractivity contribution >= 4 is 29.5 Å². The molecule has 0 bridgehead atoms. The van der Waals surface area contributed by atoms with E-state index in [1.54, 1.807) is 37.7 Å². The van der Waals surface area contributed by atoms with Crippen LogP contribution in [0.2, 0.25) is 0 Å². The molecule has 0 saturated heterocycles. The van der Waals surface area contributed by atoms with Crippen molar-refractivity contribution in [2.45, 2.75) is 43.6 Å². The Morgan fingerprint density at radius 2 is 1.70 bits per heavy atom. The summed E-state index contributed by atoms with van der Waals surface area (Å²) in [5, 5.41) is 10.9. The molecular weight excluding hydrogens is 368 g/mol. The maximum absolute atomic E-state index is 12.7. The molecule has 0 aromatic heterocycles. The molecule has 0 spiro atoms. The number of benzene rings is 1. The van der Waals surface area contributed by atoms with Crippen molar-refractivity contribution in [1.29, 1.82) is 0 Å². The fourth-order valence-electron chi connectivity index (χ4n) is 3.71. The lowest BCUT2D eigenvalue weighted by Gasteiger charge is -2.43. The van der Waals surface area contributed by atoms with Crippen LogP contribution in [0.3, 0.4) is 0 Å². The minimum absolute atomic E-state index is 0.126. The molecule has 0 unspecified atom stereocenters. The van der Waals surface area contributed by atoms with Gasteiger partial charge in [0, 0.05) is 17.2 Å². The van der Waals surface area contributed by atoms with Crippen molar-refractivity contribution in [3.63, 3.8) is 0 Å². The largest absolute Gasteiger partial charge is 0.466 e. The van der Waals surface area contributed by atoms with Crippen LogP contribution in [0.4, 0.5) is 0 Å². The van der Waals surface area contributed by atoms with Crippen molar-refractivity contribution in [3.05, 3.63) is 29.8 Å². The van der Waals surface area contributed by atoms with Crippen LogP contribution >= 0.6 is 11.8 Å². The Hall–Kier alpha value is -1.86.